The number of nitrogen functional groups attached to an aromatic ring is 2. The van der Waals surface area contributed by atoms with E-state index in [4.69, 9.17) is 22.6 Å². The molecular weight excluding hydrogens is 304 g/mol. The molecule has 2 aromatic heterocycles. The molecule has 0 radical (unpaired) electrons. The molecule has 0 spiro atoms. The van der Waals surface area contributed by atoms with Gasteiger partial charge in [0.25, 0.3) is 0 Å². The summed E-state index contributed by atoms with van der Waals surface area (Å²) in [5.74, 6) is 2.34. The van der Waals surface area contributed by atoms with Gasteiger partial charge in [0.15, 0.2) is 17.7 Å². The molecule has 0 aromatic carbocycles. The number of terminal acetylenes is 1. The zero-order chi connectivity index (χ0) is 16.8. The van der Waals surface area contributed by atoms with Gasteiger partial charge in [0.1, 0.15) is 23.3 Å². The molecule has 4 atom stereocenters. The van der Waals surface area contributed by atoms with Crippen LogP contribution in [0.3, 0.4) is 0 Å². The quantitative estimate of drug-likeness (QED) is 0.402. The van der Waals surface area contributed by atoms with Crippen LogP contribution in [0.1, 0.15) is 12.6 Å². The van der Waals surface area contributed by atoms with Crippen LogP contribution in [0, 0.1) is 12.3 Å². The van der Waals surface area contributed by atoms with Crippen LogP contribution in [0.5, 0.6) is 0 Å². The average molecular weight is 320 g/mol. The number of hydrogen-bond donors (Lipinski definition) is 5. The molecule has 1 fully saturated rings. The fourth-order valence-electron chi connectivity index (χ4n) is 2.72. The number of rotatable bonds is 3. The lowest BCUT2D eigenvalue weighted by Crippen LogP contribution is -2.46. The summed E-state index contributed by atoms with van der Waals surface area (Å²) in [6.07, 6.45) is 2.71. The van der Waals surface area contributed by atoms with Gasteiger partial charge in [-0.3, -0.25) is 4.57 Å². The van der Waals surface area contributed by atoms with Gasteiger partial charge in [-0.1, -0.05) is 0 Å². The minimum absolute atomic E-state index is 0.0677. The number of hydrogen-bond acceptors (Lipinski definition) is 9. The topological polar surface area (TPSA) is 166 Å². The molecule has 0 aliphatic carbocycles. The van der Waals surface area contributed by atoms with Gasteiger partial charge >= 0.3 is 0 Å². The Balaban J connectivity index is 2.08. The molecule has 122 valence electrons. The molecule has 1 aliphatic rings. The van der Waals surface area contributed by atoms with Crippen LogP contribution < -0.4 is 11.5 Å². The van der Waals surface area contributed by atoms with Crippen molar-refractivity contribution in [1.82, 2.24) is 19.5 Å². The van der Waals surface area contributed by atoms with E-state index in [1.807, 2.05) is 0 Å². The van der Waals surface area contributed by atoms with Crippen molar-refractivity contribution in [3.63, 3.8) is 0 Å². The Kier molecular flexibility index (Phi) is 3.57. The summed E-state index contributed by atoms with van der Waals surface area (Å²) >= 11 is 0. The van der Waals surface area contributed by atoms with E-state index in [1.54, 1.807) is 0 Å². The first-order chi connectivity index (χ1) is 10.9. The Labute approximate surface area is 130 Å². The van der Waals surface area contributed by atoms with E-state index < -0.39 is 30.6 Å². The Morgan fingerprint density at radius 1 is 1.39 bits per heavy atom. The smallest absolute Gasteiger partial charge is 0.224 e. The van der Waals surface area contributed by atoms with Gasteiger partial charge in [-0.2, -0.15) is 9.97 Å². The first-order valence-corrected chi connectivity index (χ1v) is 6.77. The van der Waals surface area contributed by atoms with Crippen molar-refractivity contribution in [2.75, 3.05) is 18.1 Å². The Bertz CT molecular complexity index is 787. The highest BCUT2D eigenvalue weighted by molar-refractivity contribution is 5.82. The lowest BCUT2D eigenvalue weighted by Gasteiger charge is -2.27. The van der Waals surface area contributed by atoms with Crippen LogP contribution in [0.2, 0.25) is 0 Å². The molecule has 0 saturated carbocycles. The molecule has 2 unspecified atom stereocenters. The molecule has 1 saturated heterocycles. The highest BCUT2D eigenvalue weighted by atomic mass is 16.6. The summed E-state index contributed by atoms with van der Waals surface area (Å²) in [7, 11) is 0. The molecule has 2 aromatic rings. The fraction of sp³-hybridized carbons (Fsp3) is 0.462. The number of aromatic nitrogens is 4. The minimum Gasteiger partial charge on any atom is -0.393 e. The zero-order valence-electron chi connectivity index (χ0n) is 12.0. The monoisotopic (exact) mass is 320 g/mol. The van der Waals surface area contributed by atoms with Crippen molar-refractivity contribution in [3.8, 4) is 12.3 Å². The normalized spacial score (nSPS) is 30.6. The van der Waals surface area contributed by atoms with Gasteiger partial charge in [-0.25, -0.2) is 4.98 Å². The predicted molar refractivity (Wildman–Crippen MR) is 79.6 cm³/mol. The van der Waals surface area contributed by atoms with Gasteiger partial charge in [0, 0.05) is 6.42 Å². The first-order valence-electron chi connectivity index (χ1n) is 6.77. The fourth-order valence-corrected chi connectivity index (χ4v) is 2.72. The Morgan fingerprint density at radius 2 is 2.13 bits per heavy atom. The maximum Gasteiger partial charge on any atom is 0.224 e. The summed E-state index contributed by atoms with van der Waals surface area (Å²) in [5.41, 5.74) is 10.4. The predicted octanol–water partition coefficient (Wildman–Crippen LogP) is -2.00. The number of ether oxygens (including phenoxy) is 1. The molecule has 10 heteroatoms. The van der Waals surface area contributed by atoms with Crippen LogP contribution in [-0.4, -0.2) is 59.3 Å². The van der Waals surface area contributed by atoms with Gasteiger partial charge in [0.05, 0.1) is 12.9 Å². The van der Waals surface area contributed by atoms with Crippen LogP contribution in [-0.2, 0) is 4.74 Å². The molecular formula is C13H16N6O4. The highest BCUT2D eigenvalue weighted by Gasteiger charge is 2.54. The maximum atomic E-state index is 10.3. The maximum absolute atomic E-state index is 10.3. The van der Waals surface area contributed by atoms with Gasteiger partial charge < -0.3 is 31.5 Å². The Morgan fingerprint density at radius 3 is 2.78 bits per heavy atom. The summed E-state index contributed by atoms with van der Waals surface area (Å²) in [4.78, 5) is 11.9. The number of imidazole rings is 1. The van der Waals surface area contributed by atoms with Gasteiger partial charge in [0.2, 0.25) is 5.95 Å². The molecule has 23 heavy (non-hydrogen) atoms. The standard InChI is InChI=1S/C13H16N6O4/c1-2-3-13(4-20)8(22)7(21)11(23-13)19-5-16-6-9(14)17-12(15)18-10(6)19/h1,5,7-8,11,20-22H,3-4H2,(H4,14,15,17,18)/t7?,8?,11-,13-/m1/s1. The second kappa shape index (κ2) is 5.32. The van der Waals surface area contributed by atoms with Crippen molar-refractivity contribution in [2.45, 2.75) is 30.5 Å². The summed E-state index contributed by atoms with van der Waals surface area (Å²) in [6, 6.07) is 0. The number of anilines is 2. The summed E-state index contributed by atoms with van der Waals surface area (Å²) in [6.45, 7) is -0.558. The lowest BCUT2D eigenvalue weighted by atomic mass is 9.93. The van der Waals surface area contributed by atoms with Crippen molar-refractivity contribution in [1.29, 1.82) is 0 Å². The van der Waals surface area contributed by atoms with Crippen molar-refractivity contribution in [2.24, 2.45) is 0 Å². The molecule has 10 nitrogen and oxygen atoms in total. The Hall–Kier alpha value is -2.45. The van der Waals surface area contributed by atoms with Crippen LogP contribution in [0.4, 0.5) is 11.8 Å². The van der Waals surface area contributed by atoms with E-state index >= 15 is 0 Å². The van der Waals surface area contributed by atoms with Gasteiger partial charge in [-0.15, -0.1) is 12.3 Å². The van der Waals surface area contributed by atoms with E-state index in [9.17, 15) is 15.3 Å². The van der Waals surface area contributed by atoms with Crippen molar-refractivity contribution >= 4 is 22.9 Å². The van der Waals surface area contributed by atoms with E-state index in [0.29, 0.717) is 0 Å². The largest absolute Gasteiger partial charge is 0.393 e. The molecule has 3 rings (SSSR count). The minimum atomic E-state index is -1.47. The second-order valence-electron chi connectivity index (χ2n) is 5.34. The average Bonchev–Trinajstić information content (AvgIpc) is 3.03. The van der Waals surface area contributed by atoms with Crippen LogP contribution in [0.25, 0.3) is 11.2 Å². The van der Waals surface area contributed by atoms with Gasteiger partial charge in [-0.05, 0) is 0 Å². The molecule has 1 aliphatic heterocycles. The number of fused-ring (bicyclic) bond motifs is 1. The second-order valence-corrected chi connectivity index (χ2v) is 5.34. The SMILES string of the molecule is C#CC[C@]1(CO)O[C@@H](n2cnc3c(N)nc(N)nc32)C(O)C1O. The molecule has 0 amide bonds. The summed E-state index contributed by atoms with van der Waals surface area (Å²) in [5, 5.41) is 30.1. The zero-order valence-corrected chi connectivity index (χ0v) is 12.0. The third kappa shape index (κ3) is 2.18. The van der Waals surface area contributed by atoms with E-state index in [1.165, 1.54) is 10.9 Å². The van der Waals surface area contributed by atoms with Crippen LogP contribution >= 0.6 is 0 Å². The number of aliphatic hydroxyl groups excluding tert-OH is 3. The highest BCUT2D eigenvalue weighted by Crippen LogP contribution is 2.40. The van der Waals surface area contributed by atoms with E-state index in [2.05, 4.69) is 20.9 Å². The number of nitrogens with two attached hydrogens (primary N) is 2. The third-order valence-electron chi connectivity index (χ3n) is 3.92. The lowest BCUT2D eigenvalue weighted by molar-refractivity contribution is -0.124. The molecule has 3 heterocycles. The number of nitrogens with zero attached hydrogens (tertiary/aromatic N) is 4. The van der Waals surface area contributed by atoms with E-state index in [-0.39, 0.29) is 29.4 Å². The first kappa shape index (κ1) is 15.4. The molecule has 7 N–H and O–H groups in total. The van der Waals surface area contributed by atoms with Crippen LogP contribution in [0.15, 0.2) is 6.33 Å². The third-order valence-corrected chi connectivity index (χ3v) is 3.92. The molecule has 0 bridgehead atoms. The van der Waals surface area contributed by atoms with Crippen molar-refractivity contribution < 1.29 is 20.1 Å². The number of aliphatic hydroxyl groups is 3. The summed E-state index contributed by atoms with van der Waals surface area (Å²) < 4.78 is 7.05. The van der Waals surface area contributed by atoms with Crippen molar-refractivity contribution in [3.05, 3.63) is 6.33 Å². The van der Waals surface area contributed by atoms with E-state index in [0.717, 1.165) is 0 Å².